The predicted molar refractivity (Wildman–Crippen MR) is 86.7 cm³/mol. The molecule has 0 N–H and O–H groups in total. The van der Waals surface area contributed by atoms with Crippen molar-refractivity contribution in [2.75, 3.05) is 6.61 Å². The van der Waals surface area contributed by atoms with Crippen molar-refractivity contribution in [3.05, 3.63) is 65.7 Å². The Bertz CT molecular complexity index is 722. The Morgan fingerprint density at radius 2 is 1.64 bits per heavy atom. The first kappa shape index (κ1) is 15.5. The van der Waals surface area contributed by atoms with E-state index in [9.17, 15) is 10.1 Å². The lowest BCUT2D eigenvalue weighted by Gasteiger charge is -2.07. The van der Waals surface area contributed by atoms with Gasteiger partial charge in [0, 0.05) is 0 Å². The van der Waals surface area contributed by atoms with Gasteiger partial charge in [-0.25, -0.2) is 4.79 Å². The number of hydrogen-bond acceptors (Lipinski definition) is 3. The SMILES string of the molecule is CCOC(=O)C(C#N)=C(C)c1ccc(-c2ccccc2)cc1. The number of rotatable bonds is 4. The van der Waals surface area contributed by atoms with E-state index in [2.05, 4.69) is 0 Å². The normalized spacial score (nSPS) is 11.3. The van der Waals surface area contributed by atoms with Crippen LogP contribution in [0.5, 0.6) is 0 Å². The Balaban J connectivity index is 2.34. The molecular weight excluding hydrogens is 274 g/mol. The summed E-state index contributed by atoms with van der Waals surface area (Å²) >= 11 is 0. The summed E-state index contributed by atoms with van der Waals surface area (Å²) in [6, 6.07) is 19.8. The van der Waals surface area contributed by atoms with Crippen molar-refractivity contribution in [1.29, 1.82) is 5.26 Å². The largest absolute Gasteiger partial charge is 0.462 e. The lowest BCUT2D eigenvalue weighted by molar-refractivity contribution is -0.137. The summed E-state index contributed by atoms with van der Waals surface area (Å²) < 4.78 is 4.91. The van der Waals surface area contributed by atoms with Crippen molar-refractivity contribution in [2.24, 2.45) is 0 Å². The predicted octanol–water partition coefficient (Wildman–Crippen LogP) is 4.21. The Labute approximate surface area is 130 Å². The number of ether oxygens (including phenoxy) is 1. The van der Waals surface area contributed by atoms with Gasteiger partial charge in [0.15, 0.2) is 0 Å². The van der Waals surface area contributed by atoms with Crippen molar-refractivity contribution >= 4 is 11.5 Å². The van der Waals surface area contributed by atoms with E-state index in [4.69, 9.17) is 4.74 Å². The van der Waals surface area contributed by atoms with E-state index >= 15 is 0 Å². The van der Waals surface area contributed by atoms with Gasteiger partial charge >= 0.3 is 5.97 Å². The summed E-state index contributed by atoms with van der Waals surface area (Å²) in [6.45, 7) is 3.73. The second kappa shape index (κ2) is 7.24. The quantitative estimate of drug-likeness (QED) is 0.481. The molecule has 3 heteroatoms. The van der Waals surface area contributed by atoms with E-state index < -0.39 is 5.97 Å². The molecule has 0 atom stereocenters. The molecule has 0 aliphatic carbocycles. The van der Waals surface area contributed by atoms with Gasteiger partial charge < -0.3 is 4.74 Å². The summed E-state index contributed by atoms with van der Waals surface area (Å²) in [5.74, 6) is -0.574. The summed E-state index contributed by atoms with van der Waals surface area (Å²) in [6.07, 6.45) is 0. The maximum absolute atomic E-state index is 11.8. The minimum atomic E-state index is -0.574. The van der Waals surface area contributed by atoms with Gasteiger partial charge in [-0.05, 0) is 36.1 Å². The average Bonchev–Trinajstić information content (AvgIpc) is 2.56. The third-order valence-corrected chi connectivity index (χ3v) is 3.39. The van der Waals surface area contributed by atoms with Crippen molar-refractivity contribution in [1.82, 2.24) is 0 Å². The molecule has 3 nitrogen and oxygen atoms in total. The van der Waals surface area contributed by atoms with Crippen molar-refractivity contribution in [2.45, 2.75) is 13.8 Å². The average molecular weight is 291 g/mol. The lowest BCUT2D eigenvalue weighted by atomic mass is 9.98. The van der Waals surface area contributed by atoms with Gasteiger partial charge in [-0.2, -0.15) is 5.26 Å². The molecule has 0 aliphatic heterocycles. The molecular formula is C19H17NO2. The van der Waals surface area contributed by atoms with Crippen LogP contribution in [0.15, 0.2) is 60.2 Å². The van der Waals surface area contributed by atoms with Gasteiger partial charge in [0.25, 0.3) is 0 Å². The smallest absolute Gasteiger partial charge is 0.349 e. The summed E-state index contributed by atoms with van der Waals surface area (Å²) in [7, 11) is 0. The van der Waals surface area contributed by atoms with E-state index in [0.29, 0.717) is 5.57 Å². The fourth-order valence-electron chi connectivity index (χ4n) is 2.17. The monoisotopic (exact) mass is 291 g/mol. The van der Waals surface area contributed by atoms with Gasteiger partial charge in [0.2, 0.25) is 0 Å². The molecule has 0 aromatic heterocycles. The van der Waals surface area contributed by atoms with Crippen LogP contribution in [0, 0.1) is 11.3 Å². The Kier molecular flexibility index (Phi) is 5.11. The third kappa shape index (κ3) is 3.42. The van der Waals surface area contributed by atoms with Crippen LogP contribution in [0.2, 0.25) is 0 Å². The van der Waals surface area contributed by atoms with E-state index in [0.717, 1.165) is 16.7 Å². The minimum Gasteiger partial charge on any atom is -0.462 e. The zero-order valence-corrected chi connectivity index (χ0v) is 12.7. The molecule has 0 aliphatic rings. The molecule has 0 unspecified atom stereocenters. The van der Waals surface area contributed by atoms with Gasteiger partial charge in [0.1, 0.15) is 11.6 Å². The molecule has 0 bridgehead atoms. The molecule has 22 heavy (non-hydrogen) atoms. The first-order chi connectivity index (χ1) is 10.7. The van der Waals surface area contributed by atoms with Crippen LogP contribution < -0.4 is 0 Å². The zero-order chi connectivity index (χ0) is 15.9. The summed E-state index contributed by atoms with van der Waals surface area (Å²) in [4.78, 5) is 11.8. The van der Waals surface area contributed by atoms with Crippen molar-refractivity contribution < 1.29 is 9.53 Å². The second-order valence-corrected chi connectivity index (χ2v) is 4.78. The van der Waals surface area contributed by atoms with Gasteiger partial charge in [-0.1, -0.05) is 54.6 Å². The minimum absolute atomic E-state index is 0.0503. The molecule has 0 amide bonds. The maximum atomic E-state index is 11.8. The molecule has 2 rings (SSSR count). The molecule has 0 heterocycles. The molecule has 0 saturated carbocycles. The van der Waals surface area contributed by atoms with Crippen molar-refractivity contribution in [3.8, 4) is 17.2 Å². The van der Waals surface area contributed by atoms with Crippen LogP contribution in [0.1, 0.15) is 19.4 Å². The van der Waals surface area contributed by atoms with Crippen LogP contribution in [-0.4, -0.2) is 12.6 Å². The fraction of sp³-hybridized carbons (Fsp3) is 0.158. The topological polar surface area (TPSA) is 50.1 Å². The molecule has 0 radical (unpaired) electrons. The standard InChI is InChI=1S/C19H17NO2/c1-3-22-19(21)18(13-20)14(2)15-9-11-17(12-10-15)16-7-5-4-6-8-16/h4-12H,3H2,1-2H3. The molecule has 0 saturated heterocycles. The third-order valence-electron chi connectivity index (χ3n) is 3.39. The highest BCUT2D eigenvalue weighted by atomic mass is 16.5. The Morgan fingerprint density at radius 1 is 1.05 bits per heavy atom. The number of nitrogens with zero attached hydrogens (tertiary/aromatic N) is 1. The number of carbonyl (C=O) groups is 1. The number of esters is 1. The highest BCUT2D eigenvalue weighted by Gasteiger charge is 2.14. The fourth-order valence-corrected chi connectivity index (χ4v) is 2.17. The maximum Gasteiger partial charge on any atom is 0.349 e. The second-order valence-electron chi connectivity index (χ2n) is 4.78. The van der Waals surface area contributed by atoms with Crippen LogP contribution in [0.4, 0.5) is 0 Å². The van der Waals surface area contributed by atoms with E-state index in [1.165, 1.54) is 0 Å². The van der Waals surface area contributed by atoms with Crippen LogP contribution in [-0.2, 0) is 9.53 Å². The highest BCUT2D eigenvalue weighted by Crippen LogP contribution is 2.24. The van der Waals surface area contributed by atoms with Gasteiger partial charge in [-0.15, -0.1) is 0 Å². The number of hydrogen-bond donors (Lipinski definition) is 0. The van der Waals surface area contributed by atoms with Gasteiger partial charge in [-0.3, -0.25) is 0 Å². The number of benzene rings is 2. The molecule has 2 aromatic carbocycles. The van der Waals surface area contributed by atoms with Crippen LogP contribution in [0.3, 0.4) is 0 Å². The zero-order valence-electron chi connectivity index (χ0n) is 12.7. The molecule has 0 spiro atoms. The van der Waals surface area contributed by atoms with E-state index in [-0.39, 0.29) is 12.2 Å². The van der Waals surface area contributed by atoms with Crippen LogP contribution >= 0.6 is 0 Å². The number of nitriles is 1. The Hall–Kier alpha value is -2.86. The first-order valence-corrected chi connectivity index (χ1v) is 7.11. The summed E-state index contributed by atoms with van der Waals surface area (Å²) in [5, 5.41) is 9.18. The molecule has 2 aromatic rings. The van der Waals surface area contributed by atoms with Gasteiger partial charge in [0.05, 0.1) is 6.61 Å². The highest BCUT2D eigenvalue weighted by molar-refractivity contribution is 6.01. The Morgan fingerprint density at radius 3 is 2.18 bits per heavy atom. The molecule has 0 fully saturated rings. The summed E-state index contributed by atoms with van der Waals surface area (Å²) in [5.41, 5.74) is 3.73. The lowest BCUT2D eigenvalue weighted by Crippen LogP contribution is -2.08. The van der Waals surface area contributed by atoms with Crippen LogP contribution in [0.25, 0.3) is 16.7 Å². The number of allylic oxidation sites excluding steroid dienone is 1. The van der Waals surface area contributed by atoms with E-state index in [1.54, 1.807) is 13.8 Å². The van der Waals surface area contributed by atoms with E-state index in [1.807, 2.05) is 60.7 Å². The molecule has 110 valence electrons. The number of carbonyl (C=O) groups excluding carboxylic acids is 1. The first-order valence-electron chi connectivity index (χ1n) is 7.11. The van der Waals surface area contributed by atoms with Crippen molar-refractivity contribution in [3.63, 3.8) is 0 Å².